The van der Waals surface area contributed by atoms with Gasteiger partial charge in [0.25, 0.3) is 0 Å². The Kier molecular flexibility index (Phi) is 5.05. The van der Waals surface area contributed by atoms with Crippen LogP contribution in [0.3, 0.4) is 0 Å². The molecule has 0 aliphatic heterocycles. The lowest BCUT2D eigenvalue weighted by Crippen LogP contribution is -2.25. The number of nitriles is 1. The number of anilines is 1. The molecule has 5 heteroatoms. The van der Waals surface area contributed by atoms with Crippen molar-refractivity contribution in [2.24, 2.45) is 0 Å². The number of hydrogen-bond donors (Lipinski definition) is 0. The maximum absolute atomic E-state index is 13.7. The van der Waals surface area contributed by atoms with Gasteiger partial charge in [0.15, 0.2) is 11.6 Å². The van der Waals surface area contributed by atoms with Crippen LogP contribution in [0.25, 0.3) is 0 Å². The quantitative estimate of drug-likeness (QED) is 0.806. The summed E-state index contributed by atoms with van der Waals surface area (Å²) in [5.41, 5.74) is -0.0804. The lowest BCUT2D eigenvalue weighted by atomic mass is 10.2. The van der Waals surface area contributed by atoms with Gasteiger partial charge in [-0.1, -0.05) is 0 Å². The molecule has 18 heavy (non-hydrogen) atoms. The van der Waals surface area contributed by atoms with Crippen molar-refractivity contribution in [2.45, 2.75) is 6.42 Å². The molecule has 1 aromatic carbocycles. The zero-order valence-corrected chi connectivity index (χ0v) is 10.9. The standard InChI is InChI=1S/C13H17F2N3/c1-17(2)5-4-6-18(3)13-11(14)7-10(9-16)8-12(13)15/h7-8H,4-6H2,1-3H3. The Bertz CT molecular complexity index is 429. The summed E-state index contributed by atoms with van der Waals surface area (Å²) >= 11 is 0. The van der Waals surface area contributed by atoms with Gasteiger partial charge in [-0.3, -0.25) is 0 Å². The summed E-state index contributed by atoms with van der Waals surface area (Å²) in [4.78, 5) is 3.55. The molecule has 1 rings (SSSR count). The summed E-state index contributed by atoms with van der Waals surface area (Å²) in [7, 11) is 5.54. The number of halogens is 2. The first-order chi connectivity index (χ1) is 8.45. The van der Waals surface area contributed by atoms with Crippen LogP contribution in [0.2, 0.25) is 0 Å². The second-order valence-corrected chi connectivity index (χ2v) is 4.48. The highest BCUT2D eigenvalue weighted by molar-refractivity contribution is 5.52. The summed E-state index contributed by atoms with van der Waals surface area (Å²) in [6.45, 7) is 1.40. The van der Waals surface area contributed by atoms with Crippen molar-refractivity contribution in [3.8, 4) is 6.07 Å². The van der Waals surface area contributed by atoms with E-state index in [1.54, 1.807) is 13.1 Å². The highest BCUT2D eigenvalue weighted by atomic mass is 19.1. The Morgan fingerprint density at radius 3 is 2.11 bits per heavy atom. The molecule has 3 nitrogen and oxygen atoms in total. The molecule has 0 aliphatic carbocycles. The van der Waals surface area contributed by atoms with E-state index < -0.39 is 11.6 Å². The van der Waals surface area contributed by atoms with Gasteiger partial charge in [-0.15, -0.1) is 0 Å². The monoisotopic (exact) mass is 253 g/mol. The van der Waals surface area contributed by atoms with Crippen LogP contribution in [0.15, 0.2) is 12.1 Å². The zero-order valence-electron chi connectivity index (χ0n) is 10.9. The van der Waals surface area contributed by atoms with Crippen LogP contribution in [0.5, 0.6) is 0 Å². The number of nitrogens with zero attached hydrogens (tertiary/aromatic N) is 3. The summed E-state index contributed by atoms with van der Waals surface area (Å²) in [5, 5.41) is 8.62. The van der Waals surface area contributed by atoms with Gasteiger partial charge in [0, 0.05) is 13.6 Å². The van der Waals surface area contributed by atoms with E-state index in [9.17, 15) is 8.78 Å². The molecule has 0 fully saturated rings. The van der Waals surface area contributed by atoms with Gasteiger partial charge in [-0.2, -0.15) is 5.26 Å². The molecule has 0 saturated carbocycles. The minimum atomic E-state index is -0.695. The van der Waals surface area contributed by atoms with E-state index >= 15 is 0 Å². The molecule has 0 heterocycles. The maximum Gasteiger partial charge on any atom is 0.150 e. The van der Waals surface area contributed by atoms with Gasteiger partial charge in [0.05, 0.1) is 11.6 Å². The average Bonchev–Trinajstić information content (AvgIpc) is 2.27. The molecule has 0 amide bonds. The van der Waals surface area contributed by atoms with Crippen LogP contribution in [0.1, 0.15) is 12.0 Å². The minimum absolute atomic E-state index is 0.00422. The van der Waals surface area contributed by atoms with Gasteiger partial charge in [0.1, 0.15) is 5.69 Å². The average molecular weight is 253 g/mol. The van der Waals surface area contributed by atoms with E-state index in [1.807, 2.05) is 19.0 Å². The Hall–Kier alpha value is -1.67. The number of benzene rings is 1. The maximum atomic E-state index is 13.7. The molecule has 0 radical (unpaired) electrons. The first kappa shape index (κ1) is 14.4. The molecule has 0 bridgehead atoms. The normalized spacial score (nSPS) is 10.5. The van der Waals surface area contributed by atoms with Gasteiger partial charge in [-0.25, -0.2) is 8.78 Å². The summed E-state index contributed by atoms with van der Waals surface area (Å²) < 4.78 is 27.4. The fourth-order valence-corrected chi connectivity index (χ4v) is 1.73. The first-order valence-electron chi connectivity index (χ1n) is 5.70. The van der Waals surface area contributed by atoms with Crippen molar-refractivity contribution < 1.29 is 8.78 Å². The van der Waals surface area contributed by atoms with Crippen molar-refractivity contribution in [2.75, 3.05) is 39.1 Å². The van der Waals surface area contributed by atoms with Crippen molar-refractivity contribution in [3.63, 3.8) is 0 Å². The summed E-state index contributed by atoms with van der Waals surface area (Å²) in [6, 6.07) is 3.84. The molecule has 0 N–H and O–H groups in total. The second kappa shape index (κ2) is 6.31. The lowest BCUT2D eigenvalue weighted by molar-refractivity contribution is 0.401. The number of hydrogen-bond acceptors (Lipinski definition) is 3. The largest absolute Gasteiger partial charge is 0.370 e. The molecular weight excluding hydrogens is 236 g/mol. The van der Waals surface area contributed by atoms with Gasteiger partial charge < -0.3 is 9.80 Å². The highest BCUT2D eigenvalue weighted by Gasteiger charge is 2.15. The molecule has 0 spiro atoms. The smallest absolute Gasteiger partial charge is 0.150 e. The van der Waals surface area contributed by atoms with E-state index in [1.165, 1.54) is 4.90 Å². The third kappa shape index (κ3) is 3.67. The van der Waals surface area contributed by atoms with E-state index in [4.69, 9.17) is 5.26 Å². The van der Waals surface area contributed by atoms with Crippen LogP contribution in [0, 0.1) is 23.0 Å². The Morgan fingerprint density at radius 2 is 1.67 bits per heavy atom. The second-order valence-electron chi connectivity index (χ2n) is 4.48. The van der Waals surface area contributed by atoms with Crippen LogP contribution in [0.4, 0.5) is 14.5 Å². The zero-order chi connectivity index (χ0) is 13.7. The molecule has 0 aliphatic rings. The van der Waals surface area contributed by atoms with E-state index in [0.717, 1.165) is 25.1 Å². The third-order valence-electron chi connectivity index (χ3n) is 2.63. The molecule has 98 valence electrons. The highest BCUT2D eigenvalue weighted by Crippen LogP contribution is 2.23. The van der Waals surface area contributed by atoms with Crippen LogP contribution < -0.4 is 4.90 Å². The molecule has 1 aromatic rings. The fraction of sp³-hybridized carbons (Fsp3) is 0.462. The van der Waals surface area contributed by atoms with E-state index in [-0.39, 0.29) is 11.3 Å². The Morgan fingerprint density at radius 1 is 1.11 bits per heavy atom. The van der Waals surface area contributed by atoms with Gasteiger partial charge >= 0.3 is 0 Å². The lowest BCUT2D eigenvalue weighted by Gasteiger charge is -2.21. The SMILES string of the molecule is CN(C)CCCN(C)c1c(F)cc(C#N)cc1F. The van der Waals surface area contributed by atoms with Crippen molar-refractivity contribution in [3.05, 3.63) is 29.3 Å². The van der Waals surface area contributed by atoms with Gasteiger partial charge in [-0.05, 0) is 39.2 Å². The van der Waals surface area contributed by atoms with Crippen LogP contribution >= 0.6 is 0 Å². The topological polar surface area (TPSA) is 30.3 Å². The van der Waals surface area contributed by atoms with Crippen molar-refractivity contribution in [1.82, 2.24) is 4.90 Å². The third-order valence-corrected chi connectivity index (χ3v) is 2.63. The molecule has 0 aromatic heterocycles. The predicted molar refractivity (Wildman–Crippen MR) is 67.5 cm³/mol. The van der Waals surface area contributed by atoms with Crippen LogP contribution in [-0.4, -0.2) is 39.1 Å². The fourth-order valence-electron chi connectivity index (χ4n) is 1.73. The minimum Gasteiger partial charge on any atom is -0.370 e. The van der Waals surface area contributed by atoms with Crippen LogP contribution in [-0.2, 0) is 0 Å². The molecule has 0 saturated heterocycles. The van der Waals surface area contributed by atoms with E-state index in [2.05, 4.69) is 0 Å². The van der Waals surface area contributed by atoms with Gasteiger partial charge in [0.2, 0.25) is 0 Å². The Labute approximate surface area is 106 Å². The van der Waals surface area contributed by atoms with Crippen molar-refractivity contribution >= 4 is 5.69 Å². The Balaban J connectivity index is 2.80. The molecule has 0 atom stereocenters. The first-order valence-corrected chi connectivity index (χ1v) is 5.70. The summed E-state index contributed by atoms with van der Waals surface area (Å²) in [5.74, 6) is -1.39. The molecular formula is C13H17F2N3. The molecule has 0 unspecified atom stereocenters. The summed E-state index contributed by atoms with van der Waals surface area (Å²) in [6.07, 6.45) is 0.808. The number of rotatable bonds is 5. The predicted octanol–water partition coefficient (Wildman–Crippen LogP) is 2.22. The van der Waals surface area contributed by atoms with E-state index in [0.29, 0.717) is 6.54 Å². The van der Waals surface area contributed by atoms with Crippen molar-refractivity contribution in [1.29, 1.82) is 5.26 Å².